The minimum absolute atomic E-state index is 0.0139. The molecule has 2 amide bonds. The lowest BCUT2D eigenvalue weighted by atomic mass is 10.2. The van der Waals surface area contributed by atoms with Gasteiger partial charge in [-0.1, -0.05) is 21.6 Å². The second-order valence-electron chi connectivity index (χ2n) is 8.54. The van der Waals surface area contributed by atoms with E-state index in [1.165, 1.54) is 12.1 Å². The molecule has 5 N–H and O–H groups in total. The molecule has 0 aliphatic rings. The highest BCUT2D eigenvalue weighted by atomic mass is 33.1. The first-order valence-corrected chi connectivity index (χ1v) is 15.7. The lowest BCUT2D eigenvalue weighted by Gasteiger charge is -2.15. The van der Waals surface area contributed by atoms with Crippen LogP contribution >= 0.6 is 21.6 Å². The summed E-state index contributed by atoms with van der Waals surface area (Å²) in [4.78, 5) is 65.3. The molecule has 2 atom stereocenters. The minimum Gasteiger partial charge on any atom is -0.480 e. The second kappa shape index (κ2) is 23.6. The van der Waals surface area contributed by atoms with Crippen molar-refractivity contribution < 1.29 is 58.2 Å². The molecule has 21 heteroatoms. The first-order chi connectivity index (χ1) is 21.6. The van der Waals surface area contributed by atoms with Gasteiger partial charge in [0.15, 0.2) is 0 Å². The largest absolute Gasteiger partial charge is 0.480 e. The number of nitrogens with one attached hydrogen (secondary N) is 3. The monoisotopic (exact) mass is 681 g/mol. The highest BCUT2D eigenvalue weighted by Gasteiger charge is 2.22. The molecule has 252 valence electrons. The van der Waals surface area contributed by atoms with E-state index in [9.17, 15) is 44.5 Å². The van der Waals surface area contributed by atoms with E-state index in [-0.39, 0.29) is 95.1 Å². The molecule has 2 unspecified atom stereocenters. The van der Waals surface area contributed by atoms with Gasteiger partial charge in [0.25, 0.3) is 11.4 Å². The van der Waals surface area contributed by atoms with Crippen LogP contribution in [0.1, 0.15) is 6.42 Å². The Morgan fingerprint density at radius 3 is 1.87 bits per heavy atom. The van der Waals surface area contributed by atoms with E-state index in [0.29, 0.717) is 0 Å². The summed E-state index contributed by atoms with van der Waals surface area (Å²) in [5, 5.41) is 47.5. The van der Waals surface area contributed by atoms with Gasteiger partial charge in [0, 0.05) is 30.5 Å². The smallest absolute Gasteiger partial charge is 0.327 e. The molecule has 0 aliphatic heterocycles. The third-order valence-corrected chi connectivity index (χ3v) is 7.72. The number of ether oxygens (including phenoxy) is 4. The Hall–Kier alpha value is -3.76. The number of carbonyl (C=O) groups excluding carboxylic acids is 2. The number of aliphatic carboxylic acids is 2. The number of amides is 2. The fourth-order valence-electron chi connectivity index (χ4n) is 3.06. The van der Waals surface area contributed by atoms with Crippen LogP contribution in [0.15, 0.2) is 18.2 Å². The lowest BCUT2D eigenvalue weighted by molar-refractivity contribution is -0.393. The molecule has 45 heavy (non-hydrogen) atoms. The average Bonchev–Trinajstić information content (AvgIpc) is 2.99. The van der Waals surface area contributed by atoms with Crippen molar-refractivity contribution in [3.63, 3.8) is 0 Å². The Balaban J connectivity index is 2.03. The molecule has 1 aromatic rings. The van der Waals surface area contributed by atoms with Crippen LogP contribution in [0.2, 0.25) is 0 Å². The number of hydrogen-bond donors (Lipinski definition) is 5. The Labute approximate surface area is 264 Å². The zero-order valence-electron chi connectivity index (χ0n) is 24.0. The van der Waals surface area contributed by atoms with Crippen LogP contribution in [-0.4, -0.2) is 127 Å². The summed E-state index contributed by atoms with van der Waals surface area (Å²) >= 11 is 0. The number of carbonyl (C=O) groups is 4. The van der Waals surface area contributed by atoms with Crippen molar-refractivity contribution in [1.82, 2.24) is 10.6 Å². The van der Waals surface area contributed by atoms with Crippen molar-refractivity contribution in [1.29, 1.82) is 0 Å². The maximum absolute atomic E-state index is 12.0. The number of nitrogens with zero attached hydrogens (tertiary/aromatic N) is 2. The fraction of sp³-hybridized carbons (Fsp3) is 0.583. The van der Waals surface area contributed by atoms with Crippen LogP contribution in [0.5, 0.6) is 0 Å². The van der Waals surface area contributed by atoms with Crippen LogP contribution in [0.4, 0.5) is 17.1 Å². The number of non-ortho nitro benzene ring substituents is 1. The predicted molar refractivity (Wildman–Crippen MR) is 161 cm³/mol. The van der Waals surface area contributed by atoms with E-state index >= 15 is 0 Å². The van der Waals surface area contributed by atoms with Gasteiger partial charge in [-0.15, -0.1) is 0 Å². The number of hydrogen-bond acceptors (Lipinski definition) is 15. The fourth-order valence-corrected chi connectivity index (χ4v) is 5.39. The van der Waals surface area contributed by atoms with E-state index in [1.54, 1.807) is 0 Å². The van der Waals surface area contributed by atoms with Crippen LogP contribution in [-0.2, 0) is 38.1 Å². The molecule has 0 saturated carbocycles. The van der Waals surface area contributed by atoms with Gasteiger partial charge < -0.3 is 45.1 Å². The van der Waals surface area contributed by atoms with Crippen molar-refractivity contribution in [2.24, 2.45) is 0 Å². The van der Waals surface area contributed by atoms with E-state index in [2.05, 4.69) is 16.0 Å². The highest BCUT2D eigenvalue weighted by molar-refractivity contribution is 8.76. The van der Waals surface area contributed by atoms with Crippen molar-refractivity contribution >= 4 is 62.9 Å². The third kappa shape index (κ3) is 18.0. The van der Waals surface area contributed by atoms with Crippen molar-refractivity contribution in [2.45, 2.75) is 18.5 Å². The number of anilines is 1. The van der Waals surface area contributed by atoms with E-state index < -0.39 is 45.5 Å². The zero-order valence-corrected chi connectivity index (χ0v) is 25.6. The van der Waals surface area contributed by atoms with Crippen LogP contribution in [0.25, 0.3) is 0 Å². The summed E-state index contributed by atoms with van der Waals surface area (Å²) in [6.07, 6.45) is 0.195. The highest BCUT2D eigenvalue weighted by Crippen LogP contribution is 2.28. The van der Waals surface area contributed by atoms with Gasteiger partial charge in [-0.2, -0.15) is 0 Å². The first kappa shape index (κ1) is 39.3. The third-order valence-electron chi connectivity index (χ3n) is 5.29. The van der Waals surface area contributed by atoms with Crippen molar-refractivity contribution in [3.05, 3.63) is 38.4 Å². The molecular formula is C24H35N5O14S2. The summed E-state index contributed by atoms with van der Waals surface area (Å²) in [7, 11) is 2.11. The van der Waals surface area contributed by atoms with E-state index in [4.69, 9.17) is 24.1 Å². The Kier molecular flexibility index (Phi) is 20.6. The number of carboxylic acid groups (broad SMARTS) is 2. The SMILES string of the molecule is O=CNC(CSSCC(NC(=O)CCOCCOCCOCCOCCNc1ccc([N+](=O)[O-])cc1[N+](=O)[O-])C(=O)O)C(=O)O. The number of carboxylic acids is 2. The number of nitro groups is 2. The van der Waals surface area contributed by atoms with Gasteiger partial charge in [0.05, 0.1) is 68.8 Å². The predicted octanol–water partition coefficient (Wildman–Crippen LogP) is 0.521. The van der Waals surface area contributed by atoms with Gasteiger partial charge in [0.1, 0.15) is 17.8 Å². The molecule has 19 nitrogen and oxygen atoms in total. The molecule has 0 aliphatic carbocycles. The Morgan fingerprint density at radius 1 is 0.822 bits per heavy atom. The number of nitro benzene ring substituents is 2. The van der Waals surface area contributed by atoms with Crippen LogP contribution < -0.4 is 16.0 Å². The Morgan fingerprint density at radius 2 is 1.36 bits per heavy atom. The molecule has 1 rings (SSSR count). The molecule has 0 fully saturated rings. The van der Waals surface area contributed by atoms with Gasteiger partial charge in [-0.25, -0.2) is 9.59 Å². The molecule has 0 heterocycles. The quantitative estimate of drug-likeness (QED) is 0.0265. The Bertz CT molecular complexity index is 1120. The molecule has 0 radical (unpaired) electrons. The van der Waals surface area contributed by atoms with Crippen LogP contribution in [0, 0.1) is 20.2 Å². The number of benzene rings is 1. The molecule has 1 aromatic carbocycles. The topological polar surface area (TPSA) is 268 Å². The van der Waals surface area contributed by atoms with Gasteiger partial charge >= 0.3 is 11.9 Å². The van der Waals surface area contributed by atoms with Gasteiger partial charge in [-0.3, -0.25) is 29.8 Å². The summed E-state index contributed by atoms with van der Waals surface area (Å²) < 4.78 is 21.4. The van der Waals surface area contributed by atoms with Crippen molar-refractivity contribution in [3.8, 4) is 0 Å². The first-order valence-electron chi connectivity index (χ1n) is 13.2. The zero-order chi connectivity index (χ0) is 33.5. The van der Waals surface area contributed by atoms with E-state index in [1.807, 2.05) is 0 Å². The van der Waals surface area contributed by atoms with E-state index in [0.717, 1.165) is 27.7 Å². The average molecular weight is 682 g/mol. The lowest BCUT2D eigenvalue weighted by Crippen LogP contribution is -2.42. The van der Waals surface area contributed by atoms with Gasteiger partial charge in [-0.05, 0) is 6.07 Å². The van der Waals surface area contributed by atoms with Gasteiger partial charge in [0.2, 0.25) is 12.3 Å². The van der Waals surface area contributed by atoms with Crippen molar-refractivity contribution in [2.75, 3.05) is 76.2 Å². The summed E-state index contributed by atoms with van der Waals surface area (Å²) in [5.41, 5.74) is -0.641. The summed E-state index contributed by atoms with van der Waals surface area (Å²) in [6, 6.07) is 1.02. The maximum atomic E-state index is 12.0. The normalized spacial score (nSPS) is 12.1. The second-order valence-corrected chi connectivity index (χ2v) is 11.1. The minimum atomic E-state index is -1.25. The van der Waals surface area contributed by atoms with Crippen LogP contribution in [0.3, 0.4) is 0 Å². The maximum Gasteiger partial charge on any atom is 0.327 e. The molecular weight excluding hydrogens is 646 g/mol. The molecule has 0 spiro atoms. The summed E-state index contributed by atoms with van der Waals surface area (Å²) in [5.74, 6) is -3.00. The molecule has 0 aromatic heterocycles. The molecule has 0 saturated heterocycles. The number of rotatable bonds is 28. The standard InChI is InChI=1S/C24H35N5O14S2/c30-16-26-19(23(32)33)14-44-45-15-20(24(34)35)27-22(31)3-5-40-7-9-42-11-12-43-10-8-41-6-4-25-18-2-1-17(28(36)37)13-21(18)29(38)39/h1-2,13,16,19-20,25H,3-12,14-15H2,(H,26,30)(H,27,31)(H,32,33)(H,34,35). The summed E-state index contributed by atoms with van der Waals surface area (Å²) in [6.45, 7) is 2.05. The molecule has 0 bridgehead atoms.